The highest BCUT2D eigenvalue weighted by atomic mass is 35.5. The van der Waals surface area contributed by atoms with Crippen LogP contribution in [0.25, 0.3) is 0 Å². The molecule has 0 radical (unpaired) electrons. The Balaban J connectivity index is 0.00000312. The quantitative estimate of drug-likeness (QED) is 0.858. The van der Waals surface area contributed by atoms with Crippen LogP contribution in [0.4, 0.5) is 0 Å². The van der Waals surface area contributed by atoms with Gasteiger partial charge in [-0.2, -0.15) is 0 Å². The monoisotopic (exact) mass is 367 g/mol. The molecule has 1 aromatic carbocycles. The minimum atomic E-state index is -0.124. The van der Waals surface area contributed by atoms with Gasteiger partial charge in [0.2, 0.25) is 5.91 Å². The predicted octanol–water partition coefficient (Wildman–Crippen LogP) is 2.35. The van der Waals surface area contributed by atoms with E-state index in [1.165, 1.54) is 5.56 Å². The number of hydrogen-bond acceptors (Lipinski definition) is 3. The first-order chi connectivity index (χ1) is 11.4. The van der Waals surface area contributed by atoms with E-state index in [1.54, 1.807) is 0 Å². The highest BCUT2D eigenvalue weighted by molar-refractivity contribution is 5.94. The third-order valence-corrected chi connectivity index (χ3v) is 4.33. The third kappa shape index (κ3) is 6.67. The van der Waals surface area contributed by atoms with Crippen molar-refractivity contribution in [1.29, 1.82) is 0 Å². The lowest BCUT2D eigenvalue weighted by Crippen LogP contribution is -2.36. The van der Waals surface area contributed by atoms with Crippen LogP contribution in [0.1, 0.15) is 49.5 Å². The Hall–Kier alpha value is -1.59. The second-order valence-electron chi connectivity index (χ2n) is 7.32. The molecule has 1 aliphatic heterocycles. The number of nitrogens with zero attached hydrogens (tertiary/aromatic N) is 1. The molecule has 0 bridgehead atoms. The van der Waals surface area contributed by atoms with Crippen molar-refractivity contribution < 1.29 is 9.59 Å². The molecule has 2 amide bonds. The van der Waals surface area contributed by atoms with Crippen LogP contribution in [0.2, 0.25) is 0 Å². The number of rotatable bonds is 4. The summed E-state index contributed by atoms with van der Waals surface area (Å²) in [5.74, 6) is -0.0112. The first-order valence-corrected chi connectivity index (χ1v) is 8.75. The van der Waals surface area contributed by atoms with E-state index in [0.717, 1.165) is 32.6 Å². The van der Waals surface area contributed by atoms with Crippen molar-refractivity contribution in [3.63, 3.8) is 0 Å². The number of carbonyl (C=O) groups is 2. The topological polar surface area (TPSA) is 61.4 Å². The van der Waals surface area contributed by atoms with Crippen LogP contribution in [0.5, 0.6) is 0 Å². The van der Waals surface area contributed by atoms with E-state index in [0.29, 0.717) is 18.5 Å². The molecule has 6 heteroatoms. The van der Waals surface area contributed by atoms with E-state index in [1.807, 2.05) is 29.2 Å². The molecule has 25 heavy (non-hydrogen) atoms. The van der Waals surface area contributed by atoms with Gasteiger partial charge in [0, 0.05) is 38.2 Å². The van der Waals surface area contributed by atoms with Gasteiger partial charge in [-0.3, -0.25) is 9.59 Å². The van der Waals surface area contributed by atoms with Crippen LogP contribution in [-0.4, -0.2) is 49.4 Å². The highest BCUT2D eigenvalue weighted by Gasteiger charge is 2.16. The van der Waals surface area contributed by atoms with Gasteiger partial charge in [0.25, 0.3) is 5.91 Å². The van der Waals surface area contributed by atoms with Crippen LogP contribution in [0.3, 0.4) is 0 Å². The Bertz CT molecular complexity index is 559. The summed E-state index contributed by atoms with van der Waals surface area (Å²) in [5, 5.41) is 6.12. The molecule has 0 aliphatic carbocycles. The molecule has 1 fully saturated rings. The molecular formula is C19H30ClN3O2. The summed E-state index contributed by atoms with van der Waals surface area (Å²) in [5.41, 5.74) is 1.90. The largest absolute Gasteiger partial charge is 0.352 e. The molecular weight excluding hydrogens is 338 g/mol. The number of amides is 2. The fraction of sp³-hybridized carbons (Fsp3) is 0.579. The number of hydrogen-bond donors (Lipinski definition) is 2. The summed E-state index contributed by atoms with van der Waals surface area (Å²) < 4.78 is 0. The number of benzene rings is 1. The molecule has 0 atom stereocenters. The predicted molar refractivity (Wildman–Crippen MR) is 103 cm³/mol. The van der Waals surface area contributed by atoms with Gasteiger partial charge >= 0.3 is 0 Å². The summed E-state index contributed by atoms with van der Waals surface area (Å²) >= 11 is 0. The summed E-state index contributed by atoms with van der Waals surface area (Å²) in [6.45, 7) is 10.2. The summed E-state index contributed by atoms with van der Waals surface area (Å²) in [6, 6.07) is 7.67. The van der Waals surface area contributed by atoms with Crippen molar-refractivity contribution in [3.8, 4) is 0 Å². The van der Waals surface area contributed by atoms with Crippen LogP contribution in [0, 0.1) is 0 Å². The van der Waals surface area contributed by atoms with Crippen molar-refractivity contribution in [3.05, 3.63) is 35.4 Å². The second kappa shape index (κ2) is 9.78. The second-order valence-corrected chi connectivity index (χ2v) is 7.32. The molecule has 0 aromatic heterocycles. The Morgan fingerprint density at radius 1 is 1.12 bits per heavy atom. The van der Waals surface area contributed by atoms with Gasteiger partial charge in [-0.25, -0.2) is 0 Å². The summed E-state index contributed by atoms with van der Waals surface area (Å²) in [6.07, 6.45) is 1.34. The normalized spacial score (nSPS) is 15.1. The molecule has 0 unspecified atom stereocenters. The Labute approximate surface area is 157 Å². The maximum absolute atomic E-state index is 12.2. The minimum absolute atomic E-state index is 0. The summed E-state index contributed by atoms with van der Waals surface area (Å²) in [4.78, 5) is 26.2. The smallest absolute Gasteiger partial charge is 0.251 e. The molecule has 2 N–H and O–H groups in total. The molecule has 0 saturated carbocycles. The number of halogens is 1. The standard InChI is InChI=1S/C19H29N3O2.ClH/c1-19(2,3)16-7-5-15(6-8-16)18(24)21-11-9-17(23)22-13-4-10-20-12-14-22;/h5-8,20H,4,9-14H2,1-3H3,(H,21,24);1H. The molecule has 0 spiro atoms. The van der Waals surface area contributed by atoms with Gasteiger partial charge in [-0.1, -0.05) is 32.9 Å². The molecule has 1 aromatic rings. The van der Waals surface area contributed by atoms with Crippen LogP contribution < -0.4 is 10.6 Å². The fourth-order valence-electron chi connectivity index (χ4n) is 2.76. The Kier molecular flexibility index (Phi) is 8.39. The maximum Gasteiger partial charge on any atom is 0.251 e. The van der Waals surface area contributed by atoms with E-state index in [9.17, 15) is 9.59 Å². The lowest BCUT2D eigenvalue weighted by atomic mass is 9.87. The first-order valence-electron chi connectivity index (χ1n) is 8.75. The van der Waals surface area contributed by atoms with Gasteiger partial charge < -0.3 is 15.5 Å². The zero-order valence-corrected chi connectivity index (χ0v) is 16.2. The van der Waals surface area contributed by atoms with Crippen molar-refractivity contribution >= 4 is 24.2 Å². The molecule has 5 nitrogen and oxygen atoms in total. The number of nitrogens with one attached hydrogen (secondary N) is 2. The average Bonchev–Trinajstić information content (AvgIpc) is 2.83. The van der Waals surface area contributed by atoms with Crippen molar-refractivity contribution in [2.75, 3.05) is 32.7 Å². The lowest BCUT2D eigenvalue weighted by molar-refractivity contribution is -0.130. The van der Waals surface area contributed by atoms with Crippen molar-refractivity contribution in [2.45, 2.75) is 39.0 Å². The fourth-order valence-corrected chi connectivity index (χ4v) is 2.76. The Morgan fingerprint density at radius 3 is 2.44 bits per heavy atom. The van der Waals surface area contributed by atoms with Crippen molar-refractivity contribution in [2.24, 2.45) is 0 Å². The van der Waals surface area contributed by atoms with Crippen molar-refractivity contribution in [1.82, 2.24) is 15.5 Å². The van der Waals surface area contributed by atoms with Gasteiger partial charge in [0.1, 0.15) is 0 Å². The van der Waals surface area contributed by atoms with Gasteiger partial charge in [-0.15, -0.1) is 12.4 Å². The van der Waals surface area contributed by atoms with E-state index in [4.69, 9.17) is 0 Å². The van der Waals surface area contributed by atoms with E-state index >= 15 is 0 Å². The number of carbonyl (C=O) groups excluding carboxylic acids is 2. The zero-order chi connectivity index (χ0) is 17.6. The average molecular weight is 368 g/mol. The molecule has 140 valence electrons. The first kappa shape index (κ1) is 21.5. The highest BCUT2D eigenvalue weighted by Crippen LogP contribution is 2.22. The Morgan fingerprint density at radius 2 is 1.80 bits per heavy atom. The zero-order valence-electron chi connectivity index (χ0n) is 15.4. The summed E-state index contributed by atoms with van der Waals surface area (Å²) in [7, 11) is 0. The van der Waals surface area contributed by atoms with E-state index < -0.39 is 0 Å². The maximum atomic E-state index is 12.2. The van der Waals surface area contributed by atoms with Crippen LogP contribution in [-0.2, 0) is 10.2 Å². The molecule has 1 saturated heterocycles. The van der Waals surface area contributed by atoms with E-state index in [2.05, 4.69) is 31.4 Å². The SMILES string of the molecule is CC(C)(C)c1ccc(C(=O)NCCC(=O)N2CCCNCC2)cc1.Cl. The van der Waals surface area contributed by atoms with Crippen LogP contribution >= 0.6 is 12.4 Å². The molecule has 1 heterocycles. The lowest BCUT2D eigenvalue weighted by Gasteiger charge is -2.20. The van der Waals surface area contributed by atoms with Gasteiger partial charge in [0.15, 0.2) is 0 Å². The molecule has 1 aliphatic rings. The third-order valence-electron chi connectivity index (χ3n) is 4.33. The minimum Gasteiger partial charge on any atom is -0.352 e. The van der Waals surface area contributed by atoms with Gasteiger partial charge in [0.05, 0.1) is 0 Å². The molecule has 2 rings (SSSR count). The van der Waals surface area contributed by atoms with Gasteiger partial charge in [-0.05, 0) is 36.1 Å². The van der Waals surface area contributed by atoms with E-state index in [-0.39, 0.29) is 29.6 Å². The van der Waals surface area contributed by atoms with Crippen LogP contribution in [0.15, 0.2) is 24.3 Å².